The smallest absolute Gasteiger partial charge is 0.315 e. The van der Waals surface area contributed by atoms with Crippen molar-refractivity contribution in [1.29, 1.82) is 0 Å². The Bertz CT molecular complexity index is 1160. The van der Waals surface area contributed by atoms with E-state index in [4.69, 9.17) is 0 Å². The maximum atomic E-state index is 14.1. The van der Waals surface area contributed by atoms with Gasteiger partial charge in [-0.25, -0.2) is 4.79 Å². The number of fused-ring (bicyclic) bond motifs is 1. The lowest BCUT2D eigenvalue weighted by atomic mass is 9.85. The summed E-state index contributed by atoms with van der Waals surface area (Å²) in [6.07, 6.45) is 9.61. The van der Waals surface area contributed by atoms with Crippen molar-refractivity contribution < 1.29 is 24.0 Å². The number of carbonyl (C=O) groups is 5. The van der Waals surface area contributed by atoms with E-state index in [-0.39, 0.29) is 29.6 Å². The van der Waals surface area contributed by atoms with Gasteiger partial charge in [0, 0.05) is 18.6 Å². The van der Waals surface area contributed by atoms with Crippen LogP contribution in [0.15, 0.2) is 24.3 Å². The number of likely N-dealkylation sites (tertiary alicyclic amines) is 1. The van der Waals surface area contributed by atoms with Crippen molar-refractivity contribution in [2.24, 2.45) is 22.7 Å². The Morgan fingerprint density at radius 1 is 1.07 bits per heavy atom. The van der Waals surface area contributed by atoms with Gasteiger partial charge in [-0.3, -0.25) is 19.2 Å². The van der Waals surface area contributed by atoms with E-state index in [0.29, 0.717) is 25.9 Å². The van der Waals surface area contributed by atoms with Crippen LogP contribution in [-0.2, 0) is 19.2 Å². The number of carbonyl (C=O) groups excluding carboxylic acids is 5. The summed E-state index contributed by atoms with van der Waals surface area (Å²) in [5, 5.41) is 11.3. The molecule has 3 rings (SSSR count). The molecule has 5 amide bonds. The van der Waals surface area contributed by atoms with E-state index in [2.05, 4.69) is 47.8 Å². The highest BCUT2D eigenvalue weighted by atomic mass is 16.2. The van der Waals surface area contributed by atoms with E-state index >= 15 is 0 Å². The van der Waals surface area contributed by atoms with Crippen molar-refractivity contribution >= 4 is 29.5 Å². The van der Waals surface area contributed by atoms with Crippen LogP contribution in [0.25, 0.3) is 0 Å². The summed E-state index contributed by atoms with van der Waals surface area (Å²) in [5.74, 6) is -2.19. The van der Waals surface area contributed by atoms with E-state index in [1.54, 1.807) is 11.0 Å². The van der Waals surface area contributed by atoms with Gasteiger partial charge in [-0.2, -0.15) is 0 Å². The van der Waals surface area contributed by atoms with Crippen molar-refractivity contribution in [2.45, 2.75) is 124 Å². The second-order valence-corrected chi connectivity index (χ2v) is 15.4. The van der Waals surface area contributed by atoms with E-state index < -0.39 is 52.7 Å². The minimum Gasteiger partial charge on any atom is -0.349 e. The molecule has 2 fully saturated rings. The normalized spacial score (nSPS) is 23.8. The fourth-order valence-corrected chi connectivity index (χ4v) is 6.66. The molecule has 44 heavy (non-hydrogen) atoms. The van der Waals surface area contributed by atoms with Crippen LogP contribution in [-0.4, -0.2) is 71.2 Å². The Kier molecular flexibility index (Phi) is 11.1. The van der Waals surface area contributed by atoms with Gasteiger partial charge in [0.05, 0.1) is 6.04 Å². The molecule has 0 aromatic rings. The molecular weight excluding hydrogens is 558 g/mol. The van der Waals surface area contributed by atoms with E-state index in [1.165, 1.54) is 12.0 Å². The molecule has 0 aromatic carbocycles. The standard InChI is InChI=1S/C34H55N5O5/c1-10-11-17-23(26(40)29(42)35-19-18-21-15-13-12-14-16-21)36-28(41)25-24-22(34(24,8)9)20-39(25)30(43)27(32(2,3)4)37-31(44)38-33(5,6)7/h10,15,22-25,27H,1,11-14,16-20H2,2-9H3,(H,35,42)(H,36,41)(H2,37,38,44)/t22-,23?,24-,25-,27?/m0/s1. The quantitative estimate of drug-likeness (QED) is 0.195. The first-order valence-corrected chi connectivity index (χ1v) is 16.2. The van der Waals surface area contributed by atoms with Crippen LogP contribution in [0.5, 0.6) is 0 Å². The molecule has 4 N–H and O–H groups in total. The van der Waals surface area contributed by atoms with Gasteiger partial charge in [0.25, 0.3) is 5.91 Å². The van der Waals surface area contributed by atoms with Crippen LogP contribution >= 0.6 is 0 Å². The number of nitrogens with one attached hydrogen (secondary N) is 4. The van der Waals surface area contributed by atoms with Crippen LogP contribution in [0.2, 0.25) is 0 Å². The summed E-state index contributed by atoms with van der Waals surface area (Å²) >= 11 is 0. The Morgan fingerprint density at radius 3 is 2.32 bits per heavy atom. The predicted molar refractivity (Wildman–Crippen MR) is 171 cm³/mol. The number of rotatable bonds is 12. The summed E-state index contributed by atoms with van der Waals surface area (Å²) in [5.41, 5.74) is 0.0129. The summed E-state index contributed by atoms with van der Waals surface area (Å²) in [6.45, 7) is 19.8. The Morgan fingerprint density at radius 2 is 1.75 bits per heavy atom. The third-order valence-corrected chi connectivity index (χ3v) is 9.27. The summed E-state index contributed by atoms with van der Waals surface area (Å²) in [7, 11) is 0. The largest absolute Gasteiger partial charge is 0.349 e. The zero-order chi connectivity index (χ0) is 33.0. The zero-order valence-electron chi connectivity index (χ0n) is 28.1. The number of Topliss-reactive ketones (excluding diaryl/α,β-unsaturated/α-hetero) is 1. The molecule has 5 atom stereocenters. The molecule has 0 spiro atoms. The fraction of sp³-hybridized carbons (Fsp3) is 0.735. The third kappa shape index (κ3) is 8.72. The molecule has 10 heteroatoms. The Balaban J connectivity index is 1.76. The topological polar surface area (TPSA) is 137 Å². The highest BCUT2D eigenvalue weighted by Crippen LogP contribution is 2.65. The average molecular weight is 614 g/mol. The first kappa shape index (κ1) is 35.3. The minimum absolute atomic E-state index is 0.0942. The maximum absolute atomic E-state index is 14.1. The summed E-state index contributed by atoms with van der Waals surface area (Å²) in [4.78, 5) is 68.6. The van der Waals surface area contributed by atoms with Gasteiger partial charge in [-0.1, -0.05) is 52.3 Å². The molecule has 2 aliphatic carbocycles. The van der Waals surface area contributed by atoms with Crippen molar-refractivity contribution in [1.82, 2.24) is 26.2 Å². The lowest BCUT2D eigenvalue weighted by Gasteiger charge is -2.38. The molecule has 1 saturated heterocycles. The van der Waals surface area contributed by atoms with Crippen molar-refractivity contribution in [3.63, 3.8) is 0 Å². The van der Waals surface area contributed by atoms with Crippen molar-refractivity contribution in [2.75, 3.05) is 13.1 Å². The van der Waals surface area contributed by atoms with Crippen molar-refractivity contribution in [3.05, 3.63) is 24.3 Å². The van der Waals surface area contributed by atoms with Gasteiger partial charge < -0.3 is 26.2 Å². The number of hydrogen-bond acceptors (Lipinski definition) is 5. The molecule has 1 saturated carbocycles. The highest BCUT2D eigenvalue weighted by Gasteiger charge is 2.69. The third-order valence-electron chi connectivity index (χ3n) is 9.27. The van der Waals surface area contributed by atoms with Crippen LogP contribution in [0, 0.1) is 22.7 Å². The fourth-order valence-electron chi connectivity index (χ4n) is 6.66. The molecule has 1 heterocycles. The SMILES string of the molecule is C=CCCC(NC(=O)[C@@H]1[C@@H]2[C@H](CN1C(=O)C(NC(=O)NC(C)(C)C)C(C)(C)C)C2(C)C)C(=O)C(=O)NCCC1=CCCCC1. The van der Waals surface area contributed by atoms with Crippen LogP contribution in [0.1, 0.15) is 100 Å². The first-order valence-electron chi connectivity index (χ1n) is 16.2. The van der Waals surface area contributed by atoms with Gasteiger partial charge in [-0.15, -0.1) is 6.58 Å². The molecule has 0 aromatic heterocycles. The predicted octanol–water partition coefficient (Wildman–Crippen LogP) is 4.01. The van der Waals surface area contributed by atoms with Gasteiger partial charge in [0.15, 0.2) is 0 Å². The van der Waals surface area contributed by atoms with E-state index in [0.717, 1.165) is 19.3 Å². The number of allylic oxidation sites excluding steroid dienone is 2. The Labute approximate surface area is 263 Å². The van der Waals surface area contributed by atoms with Gasteiger partial charge in [0.2, 0.25) is 17.6 Å². The first-order chi connectivity index (χ1) is 20.4. The van der Waals surface area contributed by atoms with Gasteiger partial charge in [-0.05, 0) is 88.4 Å². The minimum atomic E-state index is -1.04. The number of piperidine rings is 1. The van der Waals surface area contributed by atoms with Crippen molar-refractivity contribution in [3.8, 4) is 0 Å². The van der Waals surface area contributed by atoms with E-state index in [9.17, 15) is 24.0 Å². The van der Waals surface area contributed by atoms with Crippen LogP contribution in [0.3, 0.4) is 0 Å². The van der Waals surface area contributed by atoms with Gasteiger partial charge in [0.1, 0.15) is 12.1 Å². The second-order valence-electron chi connectivity index (χ2n) is 15.4. The highest BCUT2D eigenvalue weighted by molar-refractivity contribution is 6.38. The molecule has 0 bridgehead atoms. The number of amides is 5. The van der Waals surface area contributed by atoms with Crippen LogP contribution in [0.4, 0.5) is 4.79 Å². The maximum Gasteiger partial charge on any atom is 0.315 e. The lowest BCUT2D eigenvalue weighted by molar-refractivity contribution is -0.145. The Hall–Kier alpha value is -3.17. The lowest BCUT2D eigenvalue weighted by Crippen LogP contribution is -2.62. The summed E-state index contributed by atoms with van der Waals surface area (Å²) < 4.78 is 0. The molecule has 1 aliphatic heterocycles. The second kappa shape index (κ2) is 13.9. The average Bonchev–Trinajstić information content (AvgIpc) is 3.24. The monoisotopic (exact) mass is 613 g/mol. The number of urea groups is 1. The molecule has 0 radical (unpaired) electrons. The number of nitrogens with zero attached hydrogens (tertiary/aromatic N) is 1. The molecule has 246 valence electrons. The zero-order valence-corrected chi connectivity index (χ0v) is 28.1. The molecular formula is C34H55N5O5. The summed E-state index contributed by atoms with van der Waals surface area (Å²) in [6, 6.07) is -3.21. The molecule has 10 nitrogen and oxygen atoms in total. The molecule has 2 unspecified atom stereocenters. The molecule has 3 aliphatic rings. The number of ketones is 1. The van der Waals surface area contributed by atoms with Crippen LogP contribution < -0.4 is 21.3 Å². The van der Waals surface area contributed by atoms with Gasteiger partial charge >= 0.3 is 6.03 Å². The van der Waals surface area contributed by atoms with E-state index in [1.807, 2.05) is 41.5 Å². The number of hydrogen-bond donors (Lipinski definition) is 4.